The van der Waals surface area contributed by atoms with Gasteiger partial charge in [-0.25, -0.2) is 9.38 Å². The van der Waals surface area contributed by atoms with Gasteiger partial charge in [-0.15, -0.1) is 0 Å². The maximum absolute atomic E-state index is 14.3. The van der Waals surface area contributed by atoms with E-state index in [0.717, 1.165) is 51.3 Å². The molecular weight excluding hydrogens is 373 g/mol. The van der Waals surface area contributed by atoms with Gasteiger partial charge in [0.1, 0.15) is 12.4 Å². The molecule has 2 N–H and O–H groups in total. The molecule has 1 heterocycles. The molecular formula is C21H32FN5O2. The Kier molecular flexibility index (Phi) is 7.44. The van der Waals surface area contributed by atoms with Crippen LogP contribution < -0.4 is 10.6 Å². The number of likely N-dealkylation sites (N-methyl/N-ethyl adjacent to an activating group) is 1. The summed E-state index contributed by atoms with van der Waals surface area (Å²) >= 11 is 0. The van der Waals surface area contributed by atoms with Crippen LogP contribution >= 0.6 is 0 Å². The number of morpholine rings is 1. The van der Waals surface area contributed by atoms with Crippen molar-refractivity contribution in [3.8, 4) is 0 Å². The number of benzene rings is 1. The molecule has 1 aliphatic heterocycles. The van der Waals surface area contributed by atoms with Crippen LogP contribution in [0.25, 0.3) is 0 Å². The number of carbonyl (C=O) groups is 1. The molecule has 0 spiro atoms. The van der Waals surface area contributed by atoms with Crippen molar-refractivity contribution in [2.75, 3.05) is 66.6 Å². The van der Waals surface area contributed by atoms with Crippen molar-refractivity contribution in [3.05, 3.63) is 35.6 Å². The predicted octanol–water partition coefficient (Wildman–Crippen LogP) is 0.813. The molecule has 1 aromatic carbocycles. The van der Waals surface area contributed by atoms with Crippen LogP contribution in [-0.2, 0) is 14.9 Å². The van der Waals surface area contributed by atoms with Crippen LogP contribution in [0.4, 0.5) is 4.39 Å². The van der Waals surface area contributed by atoms with Crippen LogP contribution in [0.15, 0.2) is 29.3 Å². The summed E-state index contributed by atoms with van der Waals surface area (Å²) in [6, 6.07) is 6.97. The maximum atomic E-state index is 14.3. The van der Waals surface area contributed by atoms with Crippen LogP contribution in [0.5, 0.6) is 0 Å². The largest absolute Gasteiger partial charge is 0.379 e. The third-order valence-electron chi connectivity index (χ3n) is 5.59. The molecule has 0 bridgehead atoms. The van der Waals surface area contributed by atoms with Crippen molar-refractivity contribution in [1.29, 1.82) is 0 Å². The molecule has 2 aliphatic rings. The van der Waals surface area contributed by atoms with E-state index in [0.29, 0.717) is 19.0 Å². The number of ether oxygens (including phenoxy) is 1. The number of guanidine groups is 1. The van der Waals surface area contributed by atoms with E-state index in [9.17, 15) is 9.18 Å². The van der Waals surface area contributed by atoms with E-state index in [-0.39, 0.29) is 23.7 Å². The smallest absolute Gasteiger partial charge is 0.243 e. The van der Waals surface area contributed by atoms with Crippen molar-refractivity contribution in [2.24, 2.45) is 4.99 Å². The number of nitrogens with zero attached hydrogens (tertiary/aromatic N) is 3. The highest BCUT2D eigenvalue weighted by Crippen LogP contribution is 2.48. The van der Waals surface area contributed by atoms with Gasteiger partial charge in [-0.1, -0.05) is 18.2 Å². The van der Waals surface area contributed by atoms with Crippen LogP contribution in [0, 0.1) is 5.82 Å². The number of nitrogens with one attached hydrogen (secondary N) is 2. The lowest BCUT2D eigenvalue weighted by Crippen LogP contribution is -2.46. The fourth-order valence-corrected chi connectivity index (χ4v) is 3.46. The minimum Gasteiger partial charge on any atom is -0.379 e. The Morgan fingerprint density at radius 3 is 2.62 bits per heavy atom. The van der Waals surface area contributed by atoms with E-state index in [2.05, 4.69) is 20.5 Å². The zero-order chi connectivity index (χ0) is 20.7. The highest BCUT2D eigenvalue weighted by Gasteiger charge is 2.45. The van der Waals surface area contributed by atoms with Crippen molar-refractivity contribution in [1.82, 2.24) is 20.4 Å². The first-order valence-electron chi connectivity index (χ1n) is 10.3. The molecule has 0 atom stereocenters. The number of hydrogen-bond acceptors (Lipinski definition) is 4. The Morgan fingerprint density at radius 1 is 1.24 bits per heavy atom. The molecule has 0 unspecified atom stereocenters. The number of hydrogen-bond donors (Lipinski definition) is 2. The molecule has 0 aromatic heterocycles. The third-order valence-corrected chi connectivity index (χ3v) is 5.59. The summed E-state index contributed by atoms with van der Waals surface area (Å²) in [5.74, 6) is 0.374. The van der Waals surface area contributed by atoms with E-state index in [4.69, 9.17) is 4.74 Å². The Morgan fingerprint density at radius 2 is 1.97 bits per heavy atom. The lowest BCUT2D eigenvalue weighted by molar-refractivity contribution is -0.127. The maximum Gasteiger partial charge on any atom is 0.243 e. The van der Waals surface area contributed by atoms with Gasteiger partial charge in [0.2, 0.25) is 5.91 Å². The van der Waals surface area contributed by atoms with Gasteiger partial charge in [0.15, 0.2) is 5.96 Å². The van der Waals surface area contributed by atoms with Gasteiger partial charge in [0, 0.05) is 52.2 Å². The molecule has 0 radical (unpaired) electrons. The van der Waals surface area contributed by atoms with Crippen molar-refractivity contribution in [3.63, 3.8) is 0 Å². The van der Waals surface area contributed by atoms with E-state index < -0.39 is 0 Å². The average molecular weight is 406 g/mol. The van der Waals surface area contributed by atoms with Crippen molar-refractivity contribution in [2.45, 2.75) is 18.3 Å². The van der Waals surface area contributed by atoms with Crippen LogP contribution in [0.1, 0.15) is 18.4 Å². The van der Waals surface area contributed by atoms with Gasteiger partial charge in [-0.3, -0.25) is 9.69 Å². The third kappa shape index (κ3) is 6.14. The highest BCUT2D eigenvalue weighted by atomic mass is 19.1. The lowest BCUT2D eigenvalue weighted by Gasteiger charge is -2.27. The number of aliphatic imine (C=N–C) groups is 1. The van der Waals surface area contributed by atoms with Crippen LogP contribution in [0.2, 0.25) is 0 Å². The molecule has 8 heteroatoms. The zero-order valence-electron chi connectivity index (χ0n) is 17.4. The van der Waals surface area contributed by atoms with Crippen molar-refractivity contribution < 1.29 is 13.9 Å². The SMILES string of the molecule is CN(C)C(=O)CN=C(NCCN1CCOCC1)NCC1(c2ccccc2F)CC1. The van der Waals surface area contributed by atoms with Gasteiger partial charge < -0.3 is 20.3 Å². The van der Waals surface area contributed by atoms with E-state index in [1.54, 1.807) is 20.2 Å². The monoisotopic (exact) mass is 405 g/mol. The Balaban J connectivity index is 1.57. The predicted molar refractivity (Wildman–Crippen MR) is 112 cm³/mol. The minimum absolute atomic E-state index is 0.0606. The van der Waals surface area contributed by atoms with E-state index in [1.807, 2.05) is 12.1 Å². The Labute approximate surface area is 172 Å². The van der Waals surface area contributed by atoms with E-state index >= 15 is 0 Å². The van der Waals surface area contributed by atoms with Crippen LogP contribution in [0.3, 0.4) is 0 Å². The molecule has 1 saturated carbocycles. The standard InChI is InChI=1S/C21H32FN5O2/c1-26(2)19(28)15-24-20(23-9-10-27-11-13-29-14-12-27)25-16-21(7-8-21)17-5-3-4-6-18(17)22/h3-6H,7-16H2,1-2H3,(H2,23,24,25). The summed E-state index contributed by atoms with van der Waals surface area (Å²) in [5, 5.41) is 6.66. The summed E-state index contributed by atoms with van der Waals surface area (Å²) < 4.78 is 19.6. The van der Waals surface area contributed by atoms with Crippen LogP contribution in [-0.4, -0.2) is 88.2 Å². The molecule has 1 amide bonds. The second-order valence-electron chi connectivity index (χ2n) is 7.95. The fraction of sp³-hybridized carbons (Fsp3) is 0.619. The highest BCUT2D eigenvalue weighted by molar-refractivity contribution is 5.84. The zero-order valence-corrected chi connectivity index (χ0v) is 17.4. The number of carbonyl (C=O) groups excluding carboxylic acids is 1. The second-order valence-corrected chi connectivity index (χ2v) is 7.95. The first-order chi connectivity index (χ1) is 14.0. The molecule has 3 rings (SSSR count). The number of halogens is 1. The summed E-state index contributed by atoms with van der Waals surface area (Å²) in [7, 11) is 3.43. The summed E-state index contributed by atoms with van der Waals surface area (Å²) in [6.07, 6.45) is 1.89. The van der Waals surface area contributed by atoms with Gasteiger partial charge in [0.25, 0.3) is 0 Å². The quantitative estimate of drug-likeness (QED) is 0.495. The van der Waals surface area contributed by atoms with E-state index in [1.165, 1.54) is 11.0 Å². The molecule has 29 heavy (non-hydrogen) atoms. The fourth-order valence-electron chi connectivity index (χ4n) is 3.46. The number of amides is 1. The normalized spacial score (nSPS) is 18.9. The summed E-state index contributed by atoms with van der Waals surface area (Å²) in [4.78, 5) is 20.2. The average Bonchev–Trinajstić information content (AvgIpc) is 3.51. The summed E-state index contributed by atoms with van der Waals surface area (Å²) in [6.45, 7) is 5.65. The first kappa shape index (κ1) is 21.5. The molecule has 1 saturated heterocycles. The Bertz CT molecular complexity index is 715. The van der Waals surface area contributed by atoms with Gasteiger partial charge >= 0.3 is 0 Å². The van der Waals surface area contributed by atoms with Gasteiger partial charge in [0.05, 0.1) is 13.2 Å². The lowest BCUT2D eigenvalue weighted by atomic mass is 9.95. The topological polar surface area (TPSA) is 69.2 Å². The molecule has 1 aliphatic carbocycles. The molecule has 2 fully saturated rings. The molecule has 1 aromatic rings. The summed E-state index contributed by atoms with van der Waals surface area (Å²) in [5.41, 5.74) is 0.563. The molecule has 7 nitrogen and oxygen atoms in total. The van der Waals surface area contributed by atoms with Crippen molar-refractivity contribution >= 4 is 11.9 Å². The Hall–Kier alpha value is -2.19. The number of rotatable bonds is 8. The van der Waals surface area contributed by atoms with Gasteiger partial charge in [-0.2, -0.15) is 0 Å². The molecule has 160 valence electrons. The van der Waals surface area contributed by atoms with Gasteiger partial charge in [-0.05, 0) is 24.5 Å². The second kappa shape index (κ2) is 10.0. The first-order valence-corrected chi connectivity index (χ1v) is 10.3. The minimum atomic E-state index is -0.191.